The molecule has 3 heteroatoms. The lowest BCUT2D eigenvalue weighted by Crippen LogP contribution is -2.02. The van der Waals surface area contributed by atoms with Crippen molar-refractivity contribution in [2.75, 3.05) is 6.61 Å². The highest BCUT2D eigenvalue weighted by Crippen LogP contribution is 2.35. The smallest absolute Gasteiger partial charge is 0.167 e. The molecule has 0 N–H and O–H groups in total. The van der Waals surface area contributed by atoms with Crippen LogP contribution in [0.1, 0.15) is 30.1 Å². The summed E-state index contributed by atoms with van der Waals surface area (Å²) in [6, 6.07) is 5.55. The lowest BCUT2D eigenvalue weighted by Gasteiger charge is -2.06. The van der Waals surface area contributed by atoms with Crippen LogP contribution in [0.5, 0.6) is 5.75 Å². The average Bonchev–Trinajstić information content (AvgIpc) is 3.01. The van der Waals surface area contributed by atoms with Crippen LogP contribution in [0, 0.1) is 5.92 Å². The molecule has 80 valence electrons. The van der Waals surface area contributed by atoms with E-state index in [-0.39, 0.29) is 11.7 Å². The predicted molar refractivity (Wildman–Crippen MR) is 62.4 cm³/mol. The molecule has 2 rings (SSSR count). The van der Waals surface area contributed by atoms with Crippen LogP contribution in [0.3, 0.4) is 0 Å². The summed E-state index contributed by atoms with van der Waals surface area (Å²) < 4.78 is 6.19. The van der Waals surface area contributed by atoms with Crippen LogP contribution >= 0.6 is 15.9 Å². The van der Waals surface area contributed by atoms with Gasteiger partial charge in [-0.15, -0.1) is 0 Å². The highest BCUT2D eigenvalue weighted by molar-refractivity contribution is 9.10. The Balaban J connectivity index is 2.21. The summed E-state index contributed by atoms with van der Waals surface area (Å²) in [5.74, 6) is 1.32. The number of Topliss-reactive ketones (excluding diaryl/α,β-unsaturated/α-hetero) is 1. The van der Waals surface area contributed by atoms with Crippen LogP contribution in [0.2, 0.25) is 0 Å². The zero-order chi connectivity index (χ0) is 10.8. The molecule has 1 saturated carbocycles. The Bertz CT molecular complexity index is 383. The van der Waals surface area contributed by atoms with Gasteiger partial charge in [0.15, 0.2) is 5.78 Å². The van der Waals surface area contributed by atoms with Crippen LogP contribution in [-0.2, 0) is 0 Å². The molecule has 0 atom stereocenters. The van der Waals surface area contributed by atoms with Gasteiger partial charge in [-0.25, -0.2) is 0 Å². The van der Waals surface area contributed by atoms with Crippen LogP contribution in [0.4, 0.5) is 0 Å². The number of carbonyl (C=O) groups excluding carboxylic acids is 1. The van der Waals surface area contributed by atoms with Crippen LogP contribution in [0.15, 0.2) is 22.7 Å². The van der Waals surface area contributed by atoms with Crippen LogP contribution in [-0.4, -0.2) is 12.4 Å². The van der Waals surface area contributed by atoms with Gasteiger partial charge in [0, 0.05) is 16.0 Å². The van der Waals surface area contributed by atoms with Crippen molar-refractivity contribution in [1.29, 1.82) is 0 Å². The first-order chi connectivity index (χ1) is 7.22. The van der Waals surface area contributed by atoms with Crippen molar-refractivity contribution < 1.29 is 9.53 Å². The fourth-order valence-corrected chi connectivity index (χ4v) is 2.07. The van der Waals surface area contributed by atoms with Crippen LogP contribution < -0.4 is 4.74 Å². The summed E-state index contributed by atoms with van der Waals surface area (Å²) in [6.07, 6.45) is 2.08. The van der Waals surface area contributed by atoms with Gasteiger partial charge in [-0.1, -0.05) is 0 Å². The topological polar surface area (TPSA) is 26.3 Å². The maximum absolute atomic E-state index is 11.8. The van der Waals surface area contributed by atoms with E-state index in [9.17, 15) is 4.79 Å². The second-order valence-corrected chi connectivity index (χ2v) is 4.57. The molecule has 0 amide bonds. The molecular formula is C12H13BrO2. The first-order valence-corrected chi connectivity index (χ1v) is 5.98. The molecule has 1 aromatic rings. The molecule has 0 saturated heterocycles. The Morgan fingerprint density at radius 1 is 1.53 bits per heavy atom. The number of hydrogen-bond donors (Lipinski definition) is 0. The average molecular weight is 269 g/mol. The highest BCUT2D eigenvalue weighted by atomic mass is 79.9. The van der Waals surface area contributed by atoms with E-state index < -0.39 is 0 Å². The Hall–Kier alpha value is -0.830. The molecule has 0 heterocycles. The molecule has 1 fully saturated rings. The first-order valence-electron chi connectivity index (χ1n) is 5.19. The maximum atomic E-state index is 11.8. The fourth-order valence-electron chi connectivity index (χ4n) is 1.52. The Morgan fingerprint density at radius 2 is 2.27 bits per heavy atom. The molecule has 0 unspecified atom stereocenters. The van der Waals surface area contributed by atoms with Gasteiger partial charge in [-0.3, -0.25) is 4.79 Å². The molecule has 15 heavy (non-hydrogen) atoms. The van der Waals surface area contributed by atoms with E-state index >= 15 is 0 Å². The number of halogens is 1. The van der Waals surface area contributed by atoms with Gasteiger partial charge < -0.3 is 4.74 Å². The Labute approximate surface area is 97.8 Å². The second-order valence-electron chi connectivity index (χ2n) is 3.71. The minimum absolute atomic E-state index is 0.255. The second kappa shape index (κ2) is 4.35. The van der Waals surface area contributed by atoms with Gasteiger partial charge >= 0.3 is 0 Å². The van der Waals surface area contributed by atoms with Crippen molar-refractivity contribution in [3.05, 3.63) is 28.2 Å². The molecule has 1 aliphatic rings. The van der Waals surface area contributed by atoms with Crippen molar-refractivity contribution in [3.63, 3.8) is 0 Å². The molecular weight excluding hydrogens is 256 g/mol. The van der Waals surface area contributed by atoms with Gasteiger partial charge in [-0.05, 0) is 53.9 Å². The van der Waals surface area contributed by atoms with Crippen molar-refractivity contribution in [2.45, 2.75) is 19.8 Å². The fraction of sp³-hybridized carbons (Fsp3) is 0.417. The van der Waals surface area contributed by atoms with Crippen molar-refractivity contribution in [2.24, 2.45) is 5.92 Å². The minimum Gasteiger partial charge on any atom is -0.494 e. The third-order valence-corrected chi connectivity index (χ3v) is 3.12. The number of hydrogen-bond acceptors (Lipinski definition) is 2. The molecule has 0 radical (unpaired) electrons. The molecule has 2 nitrogen and oxygen atoms in total. The quantitative estimate of drug-likeness (QED) is 0.782. The molecule has 0 spiro atoms. The van der Waals surface area contributed by atoms with E-state index in [0.717, 1.165) is 28.6 Å². The summed E-state index contributed by atoms with van der Waals surface area (Å²) in [6.45, 7) is 2.58. The number of rotatable bonds is 4. The molecule has 1 aromatic carbocycles. The van der Waals surface area contributed by atoms with Gasteiger partial charge in [0.1, 0.15) is 5.75 Å². The van der Waals surface area contributed by atoms with E-state index in [4.69, 9.17) is 4.74 Å². The zero-order valence-electron chi connectivity index (χ0n) is 8.63. The largest absolute Gasteiger partial charge is 0.494 e. The third kappa shape index (κ3) is 2.40. The monoisotopic (exact) mass is 268 g/mol. The molecule has 1 aliphatic carbocycles. The number of ether oxygens (including phenoxy) is 1. The van der Waals surface area contributed by atoms with E-state index in [1.807, 2.05) is 25.1 Å². The van der Waals surface area contributed by atoms with Gasteiger partial charge in [0.25, 0.3) is 0 Å². The normalized spacial score (nSPS) is 15.1. The lowest BCUT2D eigenvalue weighted by molar-refractivity contribution is 0.0967. The summed E-state index contributed by atoms with van der Waals surface area (Å²) >= 11 is 3.41. The summed E-state index contributed by atoms with van der Waals surface area (Å²) in [5, 5.41) is 0. The van der Waals surface area contributed by atoms with Crippen molar-refractivity contribution >= 4 is 21.7 Å². The number of benzene rings is 1. The standard InChI is InChI=1S/C12H13BrO2/c1-2-15-9-5-6-10(11(13)7-9)12(14)8-3-4-8/h5-8H,2-4H2,1H3. The molecule has 0 aliphatic heterocycles. The highest BCUT2D eigenvalue weighted by Gasteiger charge is 2.31. The van der Waals surface area contributed by atoms with Crippen LogP contribution in [0.25, 0.3) is 0 Å². The summed E-state index contributed by atoms with van der Waals surface area (Å²) in [5.41, 5.74) is 0.779. The van der Waals surface area contributed by atoms with Gasteiger partial charge in [0.2, 0.25) is 0 Å². The summed E-state index contributed by atoms with van der Waals surface area (Å²) in [4.78, 5) is 11.8. The van der Waals surface area contributed by atoms with Crippen molar-refractivity contribution in [3.8, 4) is 5.75 Å². The zero-order valence-corrected chi connectivity index (χ0v) is 10.2. The maximum Gasteiger partial charge on any atom is 0.167 e. The van der Waals surface area contributed by atoms with Gasteiger partial charge in [-0.2, -0.15) is 0 Å². The third-order valence-electron chi connectivity index (χ3n) is 2.47. The molecule has 0 aromatic heterocycles. The lowest BCUT2D eigenvalue weighted by atomic mass is 10.1. The van der Waals surface area contributed by atoms with E-state index in [1.165, 1.54) is 0 Å². The van der Waals surface area contributed by atoms with E-state index in [0.29, 0.717) is 6.61 Å². The van der Waals surface area contributed by atoms with Gasteiger partial charge in [0.05, 0.1) is 6.61 Å². The molecule has 0 bridgehead atoms. The summed E-state index contributed by atoms with van der Waals surface area (Å²) in [7, 11) is 0. The SMILES string of the molecule is CCOc1ccc(C(=O)C2CC2)c(Br)c1. The number of carbonyl (C=O) groups is 1. The Morgan fingerprint density at radius 3 is 2.80 bits per heavy atom. The first kappa shape index (κ1) is 10.7. The Kier molecular flexibility index (Phi) is 3.10. The van der Waals surface area contributed by atoms with Crippen molar-refractivity contribution in [1.82, 2.24) is 0 Å². The minimum atomic E-state index is 0.255. The predicted octanol–water partition coefficient (Wildman–Crippen LogP) is 3.44. The number of ketones is 1. The van der Waals surface area contributed by atoms with E-state index in [1.54, 1.807) is 0 Å². The van der Waals surface area contributed by atoms with E-state index in [2.05, 4.69) is 15.9 Å².